The Morgan fingerprint density at radius 1 is 1.88 bits per heavy atom. The quantitative estimate of drug-likeness (QED) is 0.411. The summed E-state index contributed by atoms with van der Waals surface area (Å²) in [7, 11) is 0. The van der Waals surface area contributed by atoms with Crippen molar-refractivity contribution in [1.29, 1.82) is 0 Å². The number of rotatable bonds is 0. The maximum Gasteiger partial charge on any atom is 0.322 e. The number of halogens is 1. The molecular formula is C5H7BrO2. The number of carbonyl (C=O) groups is 1. The lowest BCUT2D eigenvalue weighted by Crippen LogP contribution is -2.21. The average Bonchev–Trinajstić information content (AvgIpc) is 1.86. The van der Waals surface area contributed by atoms with Gasteiger partial charge in [-0.1, -0.05) is 15.9 Å². The zero-order chi connectivity index (χ0) is 6.20. The van der Waals surface area contributed by atoms with Gasteiger partial charge in [0.05, 0.1) is 6.61 Å². The van der Waals surface area contributed by atoms with Crippen LogP contribution in [0.4, 0.5) is 0 Å². The van der Waals surface area contributed by atoms with Gasteiger partial charge in [0, 0.05) is 6.42 Å². The minimum atomic E-state index is -0.396. The second-order valence-electron chi connectivity index (χ2n) is 2.08. The highest BCUT2D eigenvalue weighted by atomic mass is 79.9. The third-order valence-electron chi connectivity index (χ3n) is 1.23. The van der Waals surface area contributed by atoms with Gasteiger partial charge >= 0.3 is 5.97 Å². The first-order valence-electron chi connectivity index (χ1n) is 2.49. The van der Waals surface area contributed by atoms with Gasteiger partial charge in [0.25, 0.3) is 0 Å². The summed E-state index contributed by atoms with van der Waals surface area (Å²) in [6, 6.07) is 0. The third kappa shape index (κ3) is 0.869. The van der Waals surface area contributed by atoms with Crippen molar-refractivity contribution in [2.75, 3.05) is 6.61 Å². The molecule has 1 fully saturated rings. The van der Waals surface area contributed by atoms with Crippen LogP contribution < -0.4 is 0 Å². The van der Waals surface area contributed by atoms with E-state index >= 15 is 0 Å². The molecule has 0 spiro atoms. The fourth-order valence-electron chi connectivity index (χ4n) is 0.588. The number of hydrogen-bond donors (Lipinski definition) is 0. The first kappa shape index (κ1) is 6.08. The molecule has 1 atom stereocenters. The number of esters is 1. The average molecular weight is 179 g/mol. The van der Waals surface area contributed by atoms with Crippen molar-refractivity contribution in [3.63, 3.8) is 0 Å². The van der Waals surface area contributed by atoms with Gasteiger partial charge in [0.15, 0.2) is 0 Å². The first-order chi connectivity index (χ1) is 3.63. The lowest BCUT2D eigenvalue weighted by atomic mass is 10.1. The standard InChI is InChI=1S/C5H7BrO2/c1-5(6)2-3-8-4(5)7/h2-3H2,1H3/t5-/m0/s1. The van der Waals surface area contributed by atoms with Gasteiger partial charge in [0.1, 0.15) is 4.32 Å². The highest BCUT2D eigenvalue weighted by molar-refractivity contribution is 9.10. The molecule has 1 aliphatic rings. The van der Waals surface area contributed by atoms with Crippen LogP contribution in [0.1, 0.15) is 13.3 Å². The number of ether oxygens (including phenoxy) is 1. The van der Waals surface area contributed by atoms with Crippen molar-refractivity contribution < 1.29 is 9.53 Å². The molecule has 0 N–H and O–H groups in total. The second-order valence-corrected chi connectivity index (χ2v) is 3.83. The van der Waals surface area contributed by atoms with E-state index < -0.39 is 4.32 Å². The van der Waals surface area contributed by atoms with Gasteiger partial charge in [-0.05, 0) is 6.92 Å². The van der Waals surface area contributed by atoms with Crippen molar-refractivity contribution in [3.05, 3.63) is 0 Å². The van der Waals surface area contributed by atoms with Crippen molar-refractivity contribution in [3.8, 4) is 0 Å². The van der Waals surface area contributed by atoms with Gasteiger partial charge < -0.3 is 4.74 Å². The Morgan fingerprint density at radius 2 is 2.50 bits per heavy atom. The molecule has 3 heteroatoms. The Balaban J connectivity index is 2.68. The summed E-state index contributed by atoms with van der Waals surface area (Å²) < 4.78 is 4.29. The van der Waals surface area contributed by atoms with E-state index in [1.807, 2.05) is 6.92 Å². The van der Waals surface area contributed by atoms with Crippen molar-refractivity contribution in [1.82, 2.24) is 0 Å². The highest BCUT2D eigenvalue weighted by Gasteiger charge is 2.36. The molecule has 1 aliphatic heterocycles. The number of alkyl halides is 1. The summed E-state index contributed by atoms with van der Waals surface area (Å²) in [6.07, 6.45) is 0.784. The molecule has 0 aliphatic carbocycles. The zero-order valence-corrected chi connectivity index (χ0v) is 6.19. The number of cyclic esters (lactones) is 1. The molecule has 1 saturated heterocycles. The normalized spacial score (nSPS) is 37.5. The lowest BCUT2D eigenvalue weighted by molar-refractivity contribution is -0.139. The zero-order valence-electron chi connectivity index (χ0n) is 4.61. The summed E-state index contributed by atoms with van der Waals surface area (Å²) in [6.45, 7) is 2.38. The summed E-state index contributed by atoms with van der Waals surface area (Å²) in [4.78, 5) is 10.6. The Labute approximate surface area is 56.3 Å². The molecule has 0 aromatic heterocycles. The summed E-state index contributed by atoms with van der Waals surface area (Å²) in [5, 5.41) is 0. The fourth-order valence-corrected chi connectivity index (χ4v) is 0.864. The van der Waals surface area contributed by atoms with Crippen LogP contribution in [0, 0.1) is 0 Å². The predicted molar refractivity (Wildman–Crippen MR) is 32.9 cm³/mol. The van der Waals surface area contributed by atoms with Crippen LogP contribution in [-0.2, 0) is 9.53 Å². The van der Waals surface area contributed by atoms with E-state index in [2.05, 4.69) is 20.7 Å². The van der Waals surface area contributed by atoms with Crippen LogP contribution in [0.15, 0.2) is 0 Å². The molecule has 2 nitrogen and oxygen atoms in total. The molecule has 0 aromatic carbocycles. The molecule has 0 radical (unpaired) electrons. The van der Waals surface area contributed by atoms with Crippen molar-refractivity contribution >= 4 is 21.9 Å². The van der Waals surface area contributed by atoms with Gasteiger partial charge in [-0.15, -0.1) is 0 Å². The van der Waals surface area contributed by atoms with Crippen LogP contribution in [0.2, 0.25) is 0 Å². The molecule has 0 bridgehead atoms. The molecule has 46 valence electrons. The van der Waals surface area contributed by atoms with Crippen LogP contribution in [0.5, 0.6) is 0 Å². The van der Waals surface area contributed by atoms with Crippen LogP contribution >= 0.6 is 15.9 Å². The van der Waals surface area contributed by atoms with E-state index in [1.165, 1.54) is 0 Å². The molecule has 8 heavy (non-hydrogen) atoms. The van der Waals surface area contributed by atoms with E-state index in [0.29, 0.717) is 6.61 Å². The van der Waals surface area contributed by atoms with Crippen LogP contribution in [0.3, 0.4) is 0 Å². The summed E-state index contributed by atoms with van der Waals surface area (Å²) in [5.74, 6) is -0.141. The molecule has 0 amide bonds. The second kappa shape index (κ2) is 1.72. The summed E-state index contributed by atoms with van der Waals surface area (Å²) >= 11 is 3.23. The molecule has 0 saturated carbocycles. The number of hydrogen-bond acceptors (Lipinski definition) is 2. The van der Waals surface area contributed by atoms with Gasteiger partial charge in [0.2, 0.25) is 0 Å². The topological polar surface area (TPSA) is 26.3 Å². The third-order valence-corrected chi connectivity index (χ3v) is 1.95. The van der Waals surface area contributed by atoms with E-state index in [9.17, 15) is 4.79 Å². The first-order valence-corrected chi connectivity index (χ1v) is 3.28. The van der Waals surface area contributed by atoms with Gasteiger partial charge in [-0.25, -0.2) is 0 Å². The molecule has 0 unspecified atom stereocenters. The number of carbonyl (C=O) groups excluding carboxylic acids is 1. The largest absolute Gasteiger partial charge is 0.465 e. The van der Waals surface area contributed by atoms with Crippen LogP contribution in [0.25, 0.3) is 0 Å². The molecule has 1 heterocycles. The molecule has 0 aromatic rings. The van der Waals surface area contributed by atoms with E-state index in [-0.39, 0.29) is 5.97 Å². The monoisotopic (exact) mass is 178 g/mol. The van der Waals surface area contributed by atoms with Gasteiger partial charge in [-0.2, -0.15) is 0 Å². The Hall–Kier alpha value is -0.0500. The maximum atomic E-state index is 10.6. The van der Waals surface area contributed by atoms with Crippen molar-refractivity contribution in [2.45, 2.75) is 17.7 Å². The minimum absolute atomic E-state index is 0.141. The Bertz CT molecular complexity index is 120. The van der Waals surface area contributed by atoms with Gasteiger partial charge in [-0.3, -0.25) is 4.79 Å². The lowest BCUT2D eigenvalue weighted by Gasteiger charge is -2.05. The molecule has 1 rings (SSSR count). The fraction of sp³-hybridized carbons (Fsp3) is 0.800. The summed E-state index contributed by atoms with van der Waals surface area (Å²) in [5.41, 5.74) is 0. The van der Waals surface area contributed by atoms with E-state index in [0.717, 1.165) is 6.42 Å². The maximum absolute atomic E-state index is 10.6. The predicted octanol–water partition coefficient (Wildman–Crippen LogP) is 1.09. The highest BCUT2D eigenvalue weighted by Crippen LogP contribution is 2.28. The van der Waals surface area contributed by atoms with E-state index in [1.54, 1.807) is 0 Å². The molecular weight excluding hydrogens is 172 g/mol. The van der Waals surface area contributed by atoms with Crippen LogP contribution in [-0.4, -0.2) is 16.9 Å². The van der Waals surface area contributed by atoms with Crippen molar-refractivity contribution in [2.24, 2.45) is 0 Å². The Kier molecular flexibility index (Phi) is 1.31. The van der Waals surface area contributed by atoms with E-state index in [4.69, 9.17) is 0 Å². The minimum Gasteiger partial charge on any atom is -0.465 e. The Morgan fingerprint density at radius 3 is 2.62 bits per heavy atom. The smallest absolute Gasteiger partial charge is 0.322 e. The SMILES string of the molecule is C[C@]1(Br)CCOC1=O.